The molecule has 2 radical (unpaired) electrons. The minimum absolute atomic E-state index is 0.304. The fourth-order valence-corrected chi connectivity index (χ4v) is 0.237. The van der Waals surface area contributed by atoms with Crippen LogP contribution >= 0.6 is 12.1 Å². The lowest BCUT2D eigenvalue weighted by molar-refractivity contribution is 0.569. The summed E-state index contributed by atoms with van der Waals surface area (Å²) in [5.74, 6) is 1.58. The molecule has 0 saturated carbocycles. The SMILES string of the molecule is O=C=C[Si]S. The first-order valence-electron chi connectivity index (χ1n) is 1.01. The van der Waals surface area contributed by atoms with Crippen molar-refractivity contribution in [1.29, 1.82) is 0 Å². The molecule has 0 atom stereocenters. The minimum Gasteiger partial charge on any atom is -0.234 e. The van der Waals surface area contributed by atoms with Gasteiger partial charge in [-0.05, 0) is 5.70 Å². The van der Waals surface area contributed by atoms with E-state index in [1.54, 1.807) is 5.94 Å². The molecule has 0 heterocycles. The van der Waals surface area contributed by atoms with E-state index in [0.717, 1.165) is 0 Å². The van der Waals surface area contributed by atoms with Crippen LogP contribution in [0.2, 0.25) is 0 Å². The molecular formula is C2H2OSSi. The van der Waals surface area contributed by atoms with Crippen LogP contribution in [0.4, 0.5) is 0 Å². The van der Waals surface area contributed by atoms with E-state index in [1.807, 2.05) is 0 Å². The maximum absolute atomic E-state index is 9.18. The lowest BCUT2D eigenvalue weighted by Gasteiger charge is -1.51. The Kier molecular flexibility index (Phi) is 4.03. The summed E-state index contributed by atoms with van der Waals surface area (Å²) in [7, 11) is 0.304. The largest absolute Gasteiger partial charge is 0.234 e. The highest BCUT2D eigenvalue weighted by molar-refractivity contribution is 8.07. The zero-order valence-electron chi connectivity index (χ0n) is 2.43. The fraction of sp³-hybridized carbons (Fsp3) is 0. The van der Waals surface area contributed by atoms with E-state index in [2.05, 4.69) is 12.1 Å². The smallest absolute Gasteiger partial charge is 0.161 e. The van der Waals surface area contributed by atoms with Crippen molar-refractivity contribution in [3.8, 4) is 0 Å². The molecule has 0 spiro atoms. The Morgan fingerprint density at radius 1 is 2.00 bits per heavy atom. The van der Waals surface area contributed by atoms with Gasteiger partial charge in [0, 0.05) is 0 Å². The molecule has 0 aromatic rings. The third-order valence-electron chi connectivity index (χ3n) is 0.123. The molecule has 0 rings (SSSR count). The van der Waals surface area contributed by atoms with Gasteiger partial charge in [-0.3, -0.25) is 0 Å². The molecule has 0 aromatic carbocycles. The quantitative estimate of drug-likeness (QED) is 0.277. The summed E-state index contributed by atoms with van der Waals surface area (Å²) in [6.07, 6.45) is 0. The van der Waals surface area contributed by atoms with Gasteiger partial charge >= 0.3 is 0 Å². The second-order valence-electron chi connectivity index (χ2n) is 0.391. The molecule has 0 amide bonds. The van der Waals surface area contributed by atoms with Crippen molar-refractivity contribution in [2.75, 3.05) is 0 Å². The third-order valence-corrected chi connectivity index (χ3v) is 0.758. The van der Waals surface area contributed by atoms with Crippen LogP contribution in [0.3, 0.4) is 0 Å². The second-order valence-corrected chi connectivity index (χ2v) is 1.71. The Bertz CT molecular complexity index is 56.7. The van der Waals surface area contributed by atoms with Crippen LogP contribution in [0, 0.1) is 0 Å². The molecule has 0 aliphatic rings. The van der Waals surface area contributed by atoms with Gasteiger partial charge in [0.05, 0.1) is 0 Å². The van der Waals surface area contributed by atoms with Crippen molar-refractivity contribution in [2.24, 2.45) is 0 Å². The average Bonchev–Trinajstić information content (AvgIpc) is 1.41. The van der Waals surface area contributed by atoms with Gasteiger partial charge in [-0.1, -0.05) is 0 Å². The van der Waals surface area contributed by atoms with Crippen LogP contribution in [-0.2, 0) is 4.79 Å². The number of hydrogen-bond acceptors (Lipinski definition) is 2. The molecule has 0 N–H and O–H groups in total. The lowest BCUT2D eigenvalue weighted by Crippen LogP contribution is -1.61. The van der Waals surface area contributed by atoms with Crippen LogP contribution in [0.5, 0.6) is 0 Å². The number of hydrogen-bond donors (Lipinski definition) is 1. The van der Waals surface area contributed by atoms with Gasteiger partial charge in [0.15, 0.2) is 8.67 Å². The summed E-state index contributed by atoms with van der Waals surface area (Å²) in [6.45, 7) is 0. The summed E-state index contributed by atoms with van der Waals surface area (Å²) in [6, 6.07) is 0. The van der Waals surface area contributed by atoms with Gasteiger partial charge in [0.2, 0.25) is 0 Å². The Balaban J connectivity index is 2.93. The van der Waals surface area contributed by atoms with Crippen molar-refractivity contribution in [1.82, 2.24) is 0 Å². The van der Waals surface area contributed by atoms with Gasteiger partial charge in [-0.15, -0.1) is 0 Å². The van der Waals surface area contributed by atoms with E-state index in [-0.39, 0.29) is 0 Å². The van der Waals surface area contributed by atoms with E-state index >= 15 is 0 Å². The molecule has 0 saturated heterocycles. The van der Waals surface area contributed by atoms with Crippen LogP contribution in [0.25, 0.3) is 0 Å². The summed E-state index contributed by atoms with van der Waals surface area (Å²) in [5, 5.41) is 0. The molecule has 0 unspecified atom stereocenters. The summed E-state index contributed by atoms with van der Waals surface area (Å²) in [5.41, 5.74) is 1.34. The molecule has 0 aliphatic heterocycles. The Morgan fingerprint density at radius 2 is 2.60 bits per heavy atom. The van der Waals surface area contributed by atoms with Crippen molar-refractivity contribution < 1.29 is 4.79 Å². The molecule has 0 bridgehead atoms. The normalized spacial score (nSPS) is 5.80. The van der Waals surface area contributed by atoms with Crippen molar-refractivity contribution >= 4 is 26.7 Å². The Morgan fingerprint density at radius 3 is 2.60 bits per heavy atom. The minimum atomic E-state index is 0.304. The zero-order chi connectivity index (χ0) is 4.12. The first-order valence-corrected chi connectivity index (χ1v) is 3.37. The molecule has 26 valence electrons. The predicted octanol–water partition coefficient (Wildman–Crippen LogP) is -0.119. The third kappa shape index (κ3) is 4.02. The maximum atomic E-state index is 9.18. The first-order chi connectivity index (χ1) is 2.41. The average molecular weight is 102 g/mol. The van der Waals surface area contributed by atoms with E-state index < -0.39 is 0 Å². The lowest BCUT2D eigenvalue weighted by atomic mass is 11.2. The summed E-state index contributed by atoms with van der Waals surface area (Å²) in [4.78, 5) is 9.18. The van der Waals surface area contributed by atoms with Crippen molar-refractivity contribution in [2.45, 2.75) is 0 Å². The first kappa shape index (κ1) is 5.02. The van der Waals surface area contributed by atoms with Crippen LogP contribution in [0.15, 0.2) is 5.70 Å². The van der Waals surface area contributed by atoms with Gasteiger partial charge in [-0.2, -0.15) is 12.1 Å². The zero-order valence-corrected chi connectivity index (χ0v) is 4.33. The highest BCUT2D eigenvalue weighted by Gasteiger charge is 1.58. The van der Waals surface area contributed by atoms with Crippen molar-refractivity contribution in [3.05, 3.63) is 5.70 Å². The van der Waals surface area contributed by atoms with Crippen LogP contribution in [-0.4, -0.2) is 14.6 Å². The topological polar surface area (TPSA) is 17.1 Å². The number of rotatable bonds is 1. The molecule has 5 heavy (non-hydrogen) atoms. The summed E-state index contributed by atoms with van der Waals surface area (Å²) >= 11 is 3.71. The van der Waals surface area contributed by atoms with Gasteiger partial charge in [-0.25, -0.2) is 4.79 Å². The number of thiol groups is 1. The highest BCUT2D eigenvalue weighted by atomic mass is 32.3. The Labute approximate surface area is 37.9 Å². The van der Waals surface area contributed by atoms with E-state index in [1.165, 1.54) is 5.70 Å². The molecule has 0 aromatic heterocycles. The molecule has 0 aliphatic carbocycles. The molecule has 0 fully saturated rings. The van der Waals surface area contributed by atoms with E-state index in [0.29, 0.717) is 8.67 Å². The standard InChI is InChI=1S/C2H2OSSi/c3-1-2-5-4/h2,4H. The Hall–Kier alpha value is 0.0169. The van der Waals surface area contributed by atoms with Gasteiger partial charge in [0.25, 0.3) is 0 Å². The van der Waals surface area contributed by atoms with Gasteiger partial charge in [0.1, 0.15) is 5.94 Å². The molecular weight excluding hydrogens is 100 g/mol. The number of carbonyl (C=O) groups excluding carboxylic acids is 1. The van der Waals surface area contributed by atoms with Crippen LogP contribution < -0.4 is 0 Å². The summed E-state index contributed by atoms with van der Waals surface area (Å²) < 4.78 is 0. The predicted molar refractivity (Wildman–Crippen MR) is 25.0 cm³/mol. The highest BCUT2D eigenvalue weighted by Crippen LogP contribution is 1.59. The van der Waals surface area contributed by atoms with E-state index in [4.69, 9.17) is 0 Å². The molecule has 1 nitrogen and oxygen atoms in total. The maximum Gasteiger partial charge on any atom is 0.161 e. The van der Waals surface area contributed by atoms with E-state index in [9.17, 15) is 4.79 Å². The fourth-order valence-electron chi connectivity index (χ4n) is 0.0264. The molecule has 3 heteroatoms. The van der Waals surface area contributed by atoms with Crippen molar-refractivity contribution in [3.63, 3.8) is 0 Å². The van der Waals surface area contributed by atoms with Gasteiger partial charge < -0.3 is 0 Å². The van der Waals surface area contributed by atoms with Crippen LogP contribution in [0.1, 0.15) is 0 Å². The second kappa shape index (κ2) is 4.02. The monoisotopic (exact) mass is 102 g/mol.